The largest absolute Gasteiger partial charge is 0.322 e. The molecule has 0 spiro atoms. The van der Waals surface area contributed by atoms with Crippen LogP contribution >= 0.6 is 11.3 Å². The lowest BCUT2D eigenvalue weighted by Gasteiger charge is -2.11. The molecule has 0 amide bonds. The van der Waals surface area contributed by atoms with E-state index in [1.165, 1.54) is 10.3 Å². The van der Waals surface area contributed by atoms with Gasteiger partial charge in [0, 0.05) is 0 Å². The highest BCUT2D eigenvalue weighted by molar-refractivity contribution is 7.18. The van der Waals surface area contributed by atoms with Crippen LogP contribution in [0.25, 0.3) is 10.2 Å². The van der Waals surface area contributed by atoms with E-state index >= 15 is 0 Å². The number of nitrogens with two attached hydrogens (primary N) is 1. The maximum Gasteiger partial charge on any atom is 0.111 e. The molecule has 80 valence electrons. The fraction of sp³-hybridized carbons (Fsp3) is 0.417. The van der Waals surface area contributed by atoms with Gasteiger partial charge in [0.2, 0.25) is 0 Å². The fourth-order valence-corrected chi connectivity index (χ4v) is 2.75. The normalized spacial score (nSPS) is 13.7. The molecule has 1 aromatic heterocycles. The molecule has 2 aromatic rings. The second kappa shape index (κ2) is 3.91. The number of hydrogen-bond donors (Lipinski definition) is 1. The van der Waals surface area contributed by atoms with Gasteiger partial charge >= 0.3 is 0 Å². The zero-order valence-corrected chi connectivity index (χ0v) is 10.1. The van der Waals surface area contributed by atoms with E-state index in [4.69, 9.17) is 5.73 Å². The number of nitrogens with zero attached hydrogens (tertiary/aromatic N) is 1. The average molecular weight is 220 g/mol. The molecule has 0 unspecified atom stereocenters. The van der Waals surface area contributed by atoms with Crippen LogP contribution in [0, 0.1) is 12.8 Å². The summed E-state index contributed by atoms with van der Waals surface area (Å²) in [6, 6.07) is 6.32. The summed E-state index contributed by atoms with van der Waals surface area (Å²) in [5.41, 5.74) is 8.43. The molecular formula is C12H16N2S. The summed E-state index contributed by atoms with van der Waals surface area (Å²) in [6.45, 7) is 6.35. The van der Waals surface area contributed by atoms with Gasteiger partial charge in [-0.1, -0.05) is 26.0 Å². The molecule has 2 rings (SSSR count). The Labute approximate surface area is 94.1 Å². The topological polar surface area (TPSA) is 38.9 Å². The number of rotatable bonds is 2. The molecule has 0 saturated carbocycles. The van der Waals surface area contributed by atoms with Crippen LogP contribution in [0.2, 0.25) is 0 Å². The van der Waals surface area contributed by atoms with Crippen molar-refractivity contribution in [1.82, 2.24) is 4.98 Å². The van der Waals surface area contributed by atoms with Gasteiger partial charge in [-0.15, -0.1) is 11.3 Å². The van der Waals surface area contributed by atoms with Crippen molar-refractivity contribution in [1.29, 1.82) is 0 Å². The minimum atomic E-state index is 0.0572. The third kappa shape index (κ3) is 1.90. The molecule has 2 N–H and O–H groups in total. The smallest absolute Gasteiger partial charge is 0.111 e. The fourth-order valence-electron chi connectivity index (χ4n) is 1.53. The van der Waals surface area contributed by atoms with Gasteiger partial charge in [0.15, 0.2) is 0 Å². The Morgan fingerprint density at radius 1 is 1.33 bits per heavy atom. The highest BCUT2D eigenvalue weighted by Crippen LogP contribution is 2.29. The number of fused-ring (bicyclic) bond motifs is 1. The van der Waals surface area contributed by atoms with Gasteiger partial charge in [0.05, 0.1) is 16.3 Å². The van der Waals surface area contributed by atoms with Crippen molar-refractivity contribution in [2.45, 2.75) is 26.8 Å². The molecule has 1 heterocycles. The highest BCUT2D eigenvalue weighted by Gasteiger charge is 2.15. The van der Waals surface area contributed by atoms with E-state index in [-0.39, 0.29) is 6.04 Å². The van der Waals surface area contributed by atoms with Crippen LogP contribution in [-0.2, 0) is 0 Å². The monoisotopic (exact) mass is 220 g/mol. The predicted octanol–water partition coefficient (Wildman–Crippen LogP) is 3.26. The molecule has 0 aliphatic heterocycles. The number of thiazole rings is 1. The summed E-state index contributed by atoms with van der Waals surface area (Å²) in [7, 11) is 0. The minimum absolute atomic E-state index is 0.0572. The summed E-state index contributed by atoms with van der Waals surface area (Å²) in [6.07, 6.45) is 0. The van der Waals surface area contributed by atoms with Gasteiger partial charge in [0.1, 0.15) is 5.01 Å². The molecular weight excluding hydrogens is 204 g/mol. The number of aromatic nitrogens is 1. The third-order valence-corrected chi connectivity index (χ3v) is 3.76. The zero-order chi connectivity index (χ0) is 11.0. The quantitative estimate of drug-likeness (QED) is 0.843. The van der Waals surface area contributed by atoms with Crippen molar-refractivity contribution in [2.75, 3.05) is 0 Å². The van der Waals surface area contributed by atoms with E-state index in [0.717, 1.165) is 10.5 Å². The molecule has 15 heavy (non-hydrogen) atoms. The molecule has 1 aromatic carbocycles. The lowest BCUT2D eigenvalue weighted by atomic mass is 10.1. The van der Waals surface area contributed by atoms with E-state index in [1.54, 1.807) is 11.3 Å². The SMILES string of the molecule is Cc1cccc2sc([C@H](N)C(C)C)nc12. The van der Waals surface area contributed by atoms with Crippen LogP contribution in [0.5, 0.6) is 0 Å². The Hall–Kier alpha value is -0.930. The molecule has 0 radical (unpaired) electrons. The maximum atomic E-state index is 6.10. The van der Waals surface area contributed by atoms with Gasteiger partial charge in [-0.25, -0.2) is 4.98 Å². The molecule has 0 aliphatic carbocycles. The summed E-state index contributed by atoms with van der Waals surface area (Å²) < 4.78 is 1.24. The van der Waals surface area contributed by atoms with E-state index in [0.29, 0.717) is 5.92 Å². The number of para-hydroxylation sites is 1. The Kier molecular flexibility index (Phi) is 2.76. The van der Waals surface area contributed by atoms with E-state index < -0.39 is 0 Å². The molecule has 0 bridgehead atoms. The molecule has 0 aliphatic rings. The first-order valence-corrected chi connectivity index (χ1v) is 6.03. The highest BCUT2D eigenvalue weighted by atomic mass is 32.1. The zero-order valence-electron chi connectivity index (χ0n) is 9.32. The molecule has 0 fully saturated rings. The van der Waals surface area contributed by atoms with Crippen molar-refractivity contribution in [3.63, 3.8) is 0 Å². The predicted molar refractivity (Wildman–Crippen MR) is 66.1 cm³/mol. The lowest BCUT2D eigenvalue weighted by Crippen LogP contribution is -2.16. The summed E-state index contributed by atoms with van der Waals surface area (Å²) in [5, 5.41) is 1.05. The third-order valence-electron chi connectivity index (χ3n) is 2.64. The second-order valence-corrected chi connectivity index (χ2v) is 5.31. The number of hydrogen-bond acceptors (Lipinski definition) is 3. The van der Waals surface area contributed by atoms with Gasteiger partial charge in [-0.2, -0.15) is 0 Å². The summed E-state index contributed by atoms with van der Waals surface area (Å²) in [5.74, 6) is 0.436. The van der Waals surface area contributed by atoms with Crippen LogP contribution in [0.1, 0.15) is 30.5 Å². The maximum absolute atomic E-state index is 6.10. The number of aryl methyl sites for hydroxylation is 1. The van der Waals surface area contributed by atoms with E-state index in [1.807, 2.05) is 0 Å². The van der Waals surface area contributed by atoms with E-state index in [2.05, 4.69) is 44.0 Å². The first-order chi connectivity index (χ1) is 7.09. The van der Waals surface area contributed by atoms with Crippen LogP contribution in [0.3, 0.4) is 0 Å². The number of benzene rings is 1. The van der Waals surface area contributed by atoms with Crippen LogP contribution < -0.4 is 5.73 Å². The Morgan fingerprint density at radius 3 is 2.67 bits per heavy atom. The van der Waals surface area contributed by atoms with Gasteiger partial charge in [0.25, 0.3) is 0 Å². The second-order valence-electron chi connectivity index (χ2n) is 4.24. The van der Waals surface area contributed by atoms with Crippen molar-refractivity contribution in [3.05, 3.63) is 28.8 Å². The Balaban J connectivity index is 2.52. The molecule has 2 nitrogen and oxygen atoms in total. The first-order valence-electron chi connectivity index (χ1n) is 5.21. The van der Waals surface area contributed by atoms with Crippen molar-refractivity contribution >= 4 is 21.6 Å². The van der Waals surface area contributed by atoms with Gasteiger partial charge in [-0.05, 0) is 24.5 Å². The van der Waals surface area contributed by atoms with Crippen molar-refractivity contribution < 1.29 is 0 Å². The first kappa shape index (κ1) is 10.6. The average Bonchev–Trinajstić information content (AvgIpc) is 2.61. The Morgan fingerprint density at radius 2 is 2.07 bits per heavy atom. The standard InChI is InChI=1S/C12H16N2S/c1-7(2)10(13)12-14-11-8(3)5-4-6-9(11)15-12/h4-7,10H,13H2,1-3H3/t10-/m1/s1. The lowest BCUT2D eigenvalue weighted by molar-refractivity contribution is 0.513. The molecule has 1 atom stereocenters. The Bertz CT molecular complexity index is 473. The minimum Gasteiger partial charge on any atom is -0.322 e. The van der Waals surface area contributed by atoms with Crippen molar-refractivity contribution in [3.8, 4) is 0 Å². The van der Waals surface area contributed by atoms with Gasteiger partial charge in [-0.3, -0.25) is 0 Å². The van der Waals surface area contributed by atoms with E-state index in [9.17, 15) is 0 Å². The molecule has 0 saturated heterocycles. The van der Waals surface area contributed by atoms with Crippen LogP contribution in [0.4, 0.5) is 0 Å². The van der Waals surface area contributed by atoms with Crippen LogP contribution in [-0.4, -0.2) is 4.98 Å². The van der Waals surface area contributed by atoms with Gasteiger partial charge < -0.3 is 5.73 Å². The van der Waals surface area contributed by atoms with Crippen LogP contribution in [0.15, 0.2) is 18.2 Å². The summed E-state index contributed by atoms with van der Waals surface area (Å²) in [4.78, 5) is 4.63. The molecule has 3 heteroatoms. The summed E-state index contributed by atoms with van der Waals surface area (Å²) >= 11 is 1.71. The van der Waals surface area contributed by atoms with Crippen molar-refractivity contribution in [2.24, 2.45) is 11.7 Å².